The summed E-state index contributed by atoms with van der Waals surface area (Å²) in [6, 6.07) is 2.02. The lowest BCUT2D eigenvalue weighted by atomic mass is 10.0. The summed E-state index contributed by atoms with van der Waals surface area (Å²) in [5, 5.41) is 6.79. The van der Waals surface area contributed by atoms with Gasteiger partial charge in [0.15, 0.2) is 0 Å². The first kappa shape index (κ1) is 14.1. The average Bonchev–Trinajstić information content (AvgIpc) is 3.18. The van der Waals surface area contributed by atoms with Crippen molar-refractivity contribution in [2.45, 2.75) is 52.9 Å². The molecule has 0 unspecified atom stereocenters. The van der Waals surface area contributed by atoms with Gasteiger partial charge in [0.2, 0.25) is 0 Å². The number of hydrogen-bond donors (Lipinski definition) is 2. The van der Waals surface area contributed by atoms with Gasteiger partial charge in [-0.1, -0.05) is 13.8 Å². The fraction of sp³-hybridized carbons (Fsp3) is 0.733. The van der Waals surface area contributed by atoms with Crippen molar-refractivity contribution in [3.05, 3.63) is 11.9 Å². The number of hydrogen-bond acceptors (Lipinski definition) is 4. The van der Waals surface area contributed by atoms with Gasteiger partial charge in [-0.2, -0.15) is 0 Å². The van der Waals surface area contributed by atoms with Gasteiger partial charge in [0.05, 0.1) is 0 Å². The largest absolute Gasteiger partial charge is 0.370 e. The Bertz CT molecular complexity index is 388. The Morgan fingerprint density at radius 2 is 1.79 bits per heavy atom. The maximum absolute atomic E-state index is 4.61. The summed E-state index contributed by atoms with van der Waals surface area (Å²) in [5.41, 5.74) is 0.536. The number of rotatable bonds is 8. The summed E-state index contributed by atoms with van der Waals surface area (Å²) in [6.45, 7) is 8.46. The van der Waals surface area contributed by atoms with E-state index in [1.165, 1.54) is 19.3 Å². The Hall–Kier alpha value is -1.32. The second-order valence-electron chi connectivity index (χ2n) is 5.54. The Morgan fingerprint density at radius 1 is 1.11 bits per heavy atom. The molecule has 0 spiro atoms. The first-order valence-corrected chi connectivity index (χ1v) is 7.57. The monoisotopic (exact) mass is 262 g/mol. The molecular weight excluding hydrogens is 236 g/mol. The molecule has 0 amide bonds. The van der Waals surface area contributed by atoms with Gasteiger partial charge in [-0.15, -0.1) is 0 Å². The standard InChI is InChI=1S/C15H26N4/c1-4-7-12-18-13(16-6-3)10-14(19-12)17-11-15(5-2)8-9-15/h10H,4-9,11H2,1-3H3,(H2,16,17,18,19). The van der Waals surface area contributed by atoms with E-state index in [0.717, 1.165) is 43.4 Å². The van der Waals surface area contributed by atoms with Crippen LogP contribution in [0.3, 0.4) is 0 Å². The van der Waals surface area contributed by atoms with Crippen LogP contribution in [0.15, 0.2) is 6.07 Å². The Balaban J connectivity index is 2.04. The summed E-state index contributed by atoms with van der Waals surface area (Å²) in [7, 11) is 0. The molecule has 1 aliphatic carbocycles. The molecule has 0 radical (unpaired) electrons. The van der Waals surface area contributed by atoms with Crippen LogP contribution in [0.4, 0.5) is 11.6 Å². The van der Waals surface area contributed by atoms with E-state index in [4.69, 9.17) is 0 Å². The van der Waals surface area contributed by atoms with Gasteiger partial charge in [-0.05, 0) is 38.0 Å². The molecule has 0 saturated heterocycles. The highest BCUT2D eigenvalue weighted by Crippen LogP contribution is 2.48. The van der Waals surface area contributed by atoms with Crippen molar-refractivity contribution >= 4 is 11.6 Å². The first-order valence-electron chi connectivity index (χ1n) is 7.57. The zero-order valence-corrected chi connectivity index (χ0v) is 12.4. The minimum atomic E-state index is 0.536. The second-order valence-corrected chi connectivity index (χ2v) is 5.54. The molecule has 4 heteroatoms. The van der Waals surface area contributed by atoms with Crippen molar-refractivity contribution in [2.75, 3.05) is 23.7 Å². The molecule has 0 atom stereocenters. The second kappa shape index (κ2) is 6.22. The normalized spacial score (nSPS) is 16.2. The van der Waals surface area contributed by atoms with Crippen LogP contribution in [-0.4, -0.2) is 23.1 Å². The number of nitrogens with zero attached hydrogens (tertiary/aromatic N) is 2. The van der Waals surface area contributed by atoms with Gasteiger partial charge in [-0.3, -0.25) is 0 Å². The van der Waals surface area contributed by atoms with Gasteiger partial charge in [0.25, 0.3) is 0 Å². The van der Waals surface area contributed by atoms with Crippen LogP contribution < -0.4 is 10.6 Å². The zero-order valence-electron chi connectivity index (χ0n) is 12.4. The molecule has 2 N–H and O–H groups in total. The summed E-state index contributed by atoms with van der Waals surface area (Å²) in [4.78, 5) is 9.14. The summed E-state index contributed by atoms with van der Waals surface area (Å²) >= 11 is 0. The van der Waals surface area contributed by atoms with Crippen molar-refractivity contribution in [3.8, 4) is 0 Å². The van der Waals surface area contributed by atoms with Gasteiger partial charge >= 0.3 is 0 Å². The lowest BCUT2D eigenvalue weighted by Gasteiger charge is -2.15. The number of aryl methyl sites for hydroxylation is 1. The van der Waals surface area contributed by atoms with E-state index in [1.54, 1.807) is 0 Å². The van der Waals surface area contributed by atoms with Crippen LogP contribution in [0, 0.1) is 5.41 Å². The molecule has 1 heterocycles. The molecule has 4 nitrogen and oxygen atoms in total. The fourth-order valence-electron chi connectivity index (χ4n) is 2.30. The van der Waals surface area contributed by atoms with Crippen molar-refractivity contribution in [2.24, 2.45) is 5.41 Å². The lowest BCUT2D eigenvalue weighted by molar-refractivity contribution is 0.520. The van der Waals surface area contributed by atoms with Crippen LogP contribution in [-0.2, 0) is 6.42 Å². The smallest absolute Gasteiger partial charge is 0.133 e. The highest BCUT2D eigenvalue weighted by molar-refractivity contribution is 5.47. The SMILES string of the molecule is CCCc1nc(NCC)cc(NCC2(CC)CC2)n1. The predicted molar refractivity (Wildman–Crippen MR) is 80.6 cm³/mol. The van der Waals surface area contributed by atoms with E-state index in [-0.39, 0.29) is 0 Å². The Labute approximate surface area is 116 Å². The fourth-order valence-corrected chi connectivity index (χ4v) is 2.30. The molecule has 0 aliphatic heterocycles. The molecule has 0 bridgehead atoms. The lowest BCUT2D eigenvalue weighted by Crippen LogP contribution is -2.16. The average molecular weight is 262 g/mol. The van der Waals surface area contributed by atoms with Crippen LogP contribution in [0.2, 0.25) is 0 Å². The summed E-state index contributed by atoms with van der Waals surface area (Å²) in [6.07, 6.45) is 5.97. The molecular formula is C15H26N4. The van der Waals surface area contributed by atoms with Crippen molar-refractivity contribution in [3.63, 3.8) is 0 Å². The van der Waals surface area contributed by atoms with Gasteiger partial charge < -0.3 is 10.6 Å². The molecule has 1 aromatic heterocycles. The van der Waals surface area contributed by atoms with Crippen molar-refractivity contribution < 1.29 is 0 Å². The van der Waals surface area contributed by atoms with Crippen LogP contribution in [0.25, 0.3) is 0 Å². The molecule has 2 rings (SSSR count). The third kappa shape index (κ3) is 3.82. The van der Waals surface area contributed by atoms with E-state index in [1.807, 2.05) is 6.07 Å². The van der Waals surface area contributed by atoms with Gasteiger partial charge in [0.1, 0.15) is 17.5 Å². The maximum Gasteiger partial charge on any atom is 0.133 e. The third-order valence-corrected chi connectivity index (χ3v) is 3.96. The van der Waals surface area contributed by atoms with Crippen LogP contribution in [0.5, 0.6) is 0 Å². The van der Waals surface area contributed by atoms with E-state index in [0.29, 0.717) is 5.41 Å². The minimum absolute atomic E-state index is 0.536. The molecule has 1 fully saturated rings. The highest BCUT2D eigenvalue weighted by atomic mass is 15.1. The number of anilines is 2. The van der Waals surface area contributed by atoms with Crippen LogP contribution >= 0.6 is 0 Å². The molecule has 19 heavy (non-hydrogen) atoms. The molecule has 106 valence electrons. The van der Waals surface area contributed by atoms with E-state index >= 15 is 0 Å². The maximum atomic E-state index is 4.61. The van der Waals surface area contributed by atoms with E-state index < -0.39 is 0 Å². The molecule has 1 aromatic rings. The third-order valence-electron chi connectivity index (χ3n) is 3.96. The Kier molecular flexibility index (Phi) is 4.61. The quantitative estimate of drug-likeness (QED) is 0.753. The minimum Gasteiger partial charge on any atom is -0.370 e. The number of nitrogens with one attached hydrogen (secondary N) is 2. The number of aromatic nitrogens is 2. The summed E-state index contributed by atoms with van der Waals surface area (Å²) in [5.74, 6) is 2.84. The molecule has 1 saturated carbocycles. The van der Waals surface area contributed by atoms with Crippen molar-refractivity contribution in [1.82, 2.24) is 9.97 Å². The highest BCUT2D eigenvalue weighted by Gasteiger charge is 2.40. The van der Waals surface area contributed by atoms with Crippen molar-refractivity contribution in [1.29, 1.82) is 0 Å². The summed E-state index contributed by atoms with van der Waals surface area (Å²) < 4.78 is 0. The zero-order chi connectivity index (χ0) is 13.7. The topological polar surface area (TPSA) is 49.8 Å². The van der Waals surface area contributed by atoms with Crippen LogP contribution in [0.1, 0.15) is 52.3 Å². The first-order chi connectivity index (χ1) is 9.21. The van der Waals surface area contributed by atoms with E-state index in [9.17, 15) is 0 Å². The van der Waals surface area contributed by atoms with Gasteiger partial charge in [0, 0.05) is 25.6 Å². The van der Waals surface area contributed by atoms with E-state index in [2.05, 4.69) is 41.4 Å². The van der Waals surface area contributed by atoms with Gasteiger partial charge in [-0.25, -0.2) is 9.97 Å². The predicted octanol–water partition coefficient (Wildman–Crippen LogP) is 3.46. The molecule has 1 aliphatic rings. The molecule has 0 aromatic carbocycles. The Morgan fingerprint density at radius 3 is 2.32 bits per heavy atom.